The van der Waals surface area contributed by atoms with Crippen LogP contribution < -0.4 is 10.3 Å². The van der Waals surface area contributed by atoms with E-state index in [9.17, 15) is 14.7 Å². The molecule has 4 aromatic rings. The normalized spacial score (nSPS) is 15.6. The number of benzene rings is 2. The molecule has 0 spiro atoms. The van der Waals surface area contributed by atoms with Gasteiger partial charge in [0.25, 0.3) is 11.5 Å². The standard InChI is InChI=1S/C26H24N4O4/c1-16-21(4-3-5-23(16)34-2)17-6-8-22-19(12-17)14-28-30(26(22)33)24-9-7-18(13-27-24)25(32)29-11-10-20(31)15-29/h3-9,12-14,20,31H,10-11,15H2,1-2H3. The second-order valence-electron chi connectivity index (χ2n) is 8.40. The van der Waals surface area contributed by atoms with E-state index in [2.05, 4.69) is 10.1 Å². The maximum atomic E-state index is 13.1. The number of ether oxygens (including phenoxy) is 1. The van der Waals surface area contributed by atoms with Gasteiger partial charge in [-0.2, -0.15) is 9.78 Å². The number of carbonyl (C=O) groups is 1. The monoisotopic (exact) mass is 456 g/mol. The minimum atomic E-state index is -0.482. The summed E-state index contributed by atoms with van der Waals surface area (Å²) in [6.45, 7) is 2.84. The number of β-amino-alcohol motifs (C(OH)–C–C–N with tert-alkyl or cyclic N) is 1. The predicted octanol–water partition coefficient (Wildman–Crippen LogP) is 2.97. The van der Waals surface area contributed by atoms with Crippen LogP contribution in [0.1, 0.15) is 22.3 Å². The fourth-order valence-corrected chi connectivity index (χ4v) is 4.38. The number of hydrogen-bond donors (Lipinski definition) is 1. The average Bonchev–Trinajstić information content (AvgIpc) is 3.30. The first kappa shape index (κ1) is 21.8. The van der Waals surface area contributed by atoms with Gasteiger partial charge in [0.15, 0.2) is 5.82 Å². The number of hydrogen-bond acceptors (Lipinski definition) is 6. The maximum Gasteiger partial charge on any atom is 0.280 e. The van der Waals surface area contributed by atoms with Gasteiger partial charge in [-0.15, -0.1) is 0 Å². The highest BCUT2D eigenvalue weighted by Gasteiger charge is 2.25. The highest BCUT2D eigenvalue weighted by atomic mass is 16.5. The van der Waals surface area contributed by atoms with E-state index in [1.807, 2.05) is 37.3 Å². The number of pyridine rings is 1. The Morgan fingerprint density at radius 2 is 2.00 bits per heavy atom. The summed E-state index contributed by atoms with van der Waals surface area (Å²) in [5.74, 6) is 0.951. The fraction of sp³-hybridized carbons (Fsp3) is 0.231. The Bertz CT molecular complexity index is 1450. The molecule has 1 fully saturated rings. The molecule has 8 nitrogen and oxygen atoms in total. The summed E-state index contributed by atoms with van der Waals surface area (Å²) in [7, 11) is 1.64. The van der Waals surface area contributed by atoms with E-state index in [1.165, 1.54) is 10.9 Å². The van der Waals surface area contributed by atoms with Crippen LogP contribution in [0, 0.1) is 6.92 Å². The Morgan fingerprint density at radius 1 is 1.15 bits per heavy atom. The lowest BCUT2D eigenvalue weighted by Gasteiger charge is -2.15. The molecule has 3 heterocycles. The van der Waals surface area contributed by atoms with Crippen LogP contribution in [0.3, 0.4) is 0 Å². The summed E-state index contributed by atoms with van der Waals surface area (Å²) in [4.78, 5) is 31.6. The van der Waals surface area contributed by atoms with Gasteiger partial charge in [0.1, 0.15) is 5.75 Å². The Balaban J connectivity index is 1.46. The minimum Gasteiger partial charge on any atom is -0.496 e. The van der Waals surface area contributed by atoms with Crippen LogP contribution in [0.25, 0.3) is 27.7 Å². The van der Waals surface area contributed by atoms with Crippen molar-refractivity contribution in [2.45, 2.75) is 19.4 Å². The zero-order valence-corrected chi connectivity index (χ0v) is 18.9. The van der Waals surface area contributed by atoms with Crippen molar-refractivity contribution in [2.24, 2.45) is 0 Å². The molecule has 1 unspecified atom stereocenters. The van der Waals surface area contributed by atoms with Crippen molar-refractivity contribution in [3.8, 4) is 22.7 Å². The number of carbonyl (C=O) groups excluding carboxylic acids is 1. The smallest absolute Gasteiger partial charge is 0.280 e. The van der Waals surface area contributed by atoms with Gasteiger partial charge in [0.05, 0.1) is 30.4 Å². The summed E-state index contributed by atoms with van der Waals surface area (Å²) < 4.78 is 6.66. The number of nitrogens with zero attached hydrogens (tertiary/aromatic N) is 4. The number of fused-ring (bicyclic) bond motifs is 1. The largest absolute Gasteiger partial charge is 0.496 e. The van der Waals surface area contributed by atoms with Crippen LogP contribution in [0.4, 0.5) is 0 Å². The summed E-state index contributed by atoms with van der Waals surface area (Å²) in [5, 5.41) is 15.2. The summed E-state index contributed by atoms with van der Waals surface area (Å²) >= 11 is 0. The summed E-state index contributed by atoms with van der Waals surface area (Å²) in [6, 6.07) is 14.7. The van der Waals surface area contributed by atoms with Crippen molar-refractivity contribution < 1.29 is 14.6 Å². The zero-order valence-electron chi connectivity index (χ0n) is 18.9. The number of amides is 1. The third-order valence-corrected chi connectivity index (χ3v) is 6.26. The van der Waals surface area contributed by atoms with Gasteiger partial charge >= 0.3 is 0 Å². The lowest BCUT2D eigenvalue weighted by Crippen LogP contribution is -2.29. The number of rotatable bonds is 4. The number of aliphatic hydroxyl groups is 1. The minimum absolute atomic E-state index is 0.185. The molecule has 2 aromatic carbocycles. The zero-order chi connectivity index (χ0) is 23.8. The van der Waals surface area contributed by atoms with Gasteiger partial charge < -0.3 is 14.7 Å². The molecule has 0 radical (unpaired) electrons. The fourth-order valence-electron chi connectivity index (χ4n) is 4.38. The van der Waals surface area contributed by atoms with Crippen molar-refractivity contribution >= 4 is 16.7 Å². The molecular weight excluding hydrogens is 432 g/mol. The molecule has 2 aromatic heterocycles. The topological polar surface area (TPSA) is 97.5 Å². The van der Waals surface area contributed by atoms with E-state index in [0.29, 0.717) is 36.3 Å². The van der Waals surface area contributed by atoms with E-state index in [0.717, 1.165) is 27.8 Å². The molecule has 1 aliphatic rings. The van der Waals surface area contributed by atoms with E-state index in [-0.39, 0.29) is 11.5 Å². The Hall–Kier alpha value is -4.04. The third kappa shape index (κ3) is 3.82. The molecule has 1 amide bonds. The predicted molar refractivity (Wildman–Crippen MR) is 128 cm³/mol. The molecule has 1 N–H and O–H groups in total. The van der Waals surface area contributed by atoms with Gasteiger partial charge in [-0.1, -0.05) is 18.2 Å². The Morgan fingerprint density at radius 3 is 2.71 bits per heavy atom. The van der Waals surface area contributed by atoms with Crippen molar-refractivity contribution in [3.63, 3.8) is 0 Å². The molecule has 0 bridgehead atoms. The van der Waals surface area contributed by atoms with Crippen molar-refractivity contribution in [1.29, 1.82) is 0 Å². The molecule has 172 valence electrons. The number of aromatic nitrogens is 3. The third-order valence-electron chi connectivity index (χ3n) is 6.26. The number of methoxy groups -OCH3 is 1. The van der Waals surface area contributed by atoms with Crippen LogP contribution in [0.2, 0.25) is 0 Å². The molecule has 1 atom stereocenters. The molecule has 34 heavy (non-hydrogen) atoms. The molecule has 1 aliphatic heterocycles. The first-order chi connectivity index (χ1) is 16.5. The van der Waals surface area contributed by atoms with Crippen LogP contribution in [-0.4, -0.2) is 57.0 Å². The first-order valence-corrected chi connectivity index (χ1v) is 11.1. The quantitative estimate of drug-likeness (QED) is 0.507. The van der Waals surface area contributed by atoms with Gasteiger partial charge in [-0.25, -0.2) is 4.98 Å². The van der Waals surface area contributed by atoms with Crippen molar-refractivity contribution in [2.75, 3.05) is 20.2 Å². The molecule has 0 saturated carbocycles. The van der Waals surface area contributed by atoms with Crippen LogP contribution in [0.5, 0.6) is 5.75 Å². The Labute approximate surface area is 196 Å². The van der Waals surface area contributed by atoms with Gasteiger partial charge in [-0.05, 0) is 60.4 Å². The number of likely N-dealkylation sites (tertiary alicyclic amines) is 1. The Kier molecular flexibility index (Phi) is 5.59. The van der Waals surface area contributed by atoms with Crippen molar-refractivity contribution in [1.82, 2.24) is 19.7 Å². The van der Waals surface area contributed by atoms with Crippen molar-refractivity contribution in [3.05, 3.63) is 82.4 Å². The van der Waals surface area contributed by atoms with Gasteiger partial charge in [0.2, 0.25) is 0 Å². The van der Waals surface area contributed by atoms with Crippen LogP contribution in [-0.2, 0) is 0 Å². The van der Waals surface area contributed by atoms with Gasteiger partial charge in [-0.3, -0.25) is 9.59 Å². The highest BCUT2D eigenvalue weighted by Crippen LogP contribution is 2.31. The van der Waals surface area contributed by atoms with E-state index < -0.39 is 6.10 Å². The second kappa shape index (κ2) is 8.72. The van der Waals surface area contributed by atoms with Crippen LogP contribution in [0.15, 0.2) is 65.7 Å². The molecule has 0 aliphatic carbocycles. The van der Waals surface area contributed by atoms with Gasteiger partial charge in [0, 0.05) is 24.7 Å². The molecular formula is C26H24N4O4. The highest BCUT2D eigenvalue weighted by molar-refractivity contribution is 5.94. The summed E-state index contributed by atoms with van der Waals surface area (Å²) in [6.07, 6.45) is 3.18. The average molecular weight is 457 g/mol. The van der Waals surface area contributed by atoms with Crippen LogP contribution >= 0.6 is 0 Å². The van der Waals surface area contributed by atoms with E-state index >= 15 is 0 Å². The van der Waals surface area contributed by atoms with E-state index in [4.69, 9.17) is 4.74 Å². The molecule has 5 rings (SSSR count). The lowest BCUT2D eigenvalue weighted by atomic mass is 9.98. The SMILES string of the molecule is COc1cccc(-c2ccc3c(=O)n(-c4ccc(C(=O)N5CCC(O)C5)cn4)ncc3c2)c1C. The second-order valence-corrected chi connectivity index (χ2v) is 8.40. The lowest BCUT2D eigenvalue weighted by molar-refractivity contribution is 0.0764. The summed E-state index contributed by atoms with van der Waals surface area (Å²) in [5.41, 5.74) is 3.13. The first-order valence-electron chi connectivity index (χ1n) is 11.1. The molecule has 1 saturated heterocycles. The molecule has 8 heteroatoms. The maximum absolute atomic E-state index is 13.1. The number of aliphatic hydroxyl groups excluding tert-OH is 1. The van der Waals surface area contributed by atoms with E-state index in [1.54, 1.807) is 36.4 Å².